The molecular weight excluding hydrogens is 356 g/mol. The van der Waals surface area contributed by atoms with E-state index in [0.717, 1.165) is 34.1 Å². The lowest BCUT2D eigenvalue weighted by atomic mass is 10.0. The Kier molecular flexibility index (Phi) is 6.09. The van der Waals surface area contributed by atoms with Crippen LogP contribution in [0.5, 0.6) is 0 Å². The predicted octanol–water partition coefficient (Wildman–Crippen LogP) is 3.52. The molecule has 0 spiro atoms. The largest absolute Gasteiger partial charge is 0.481 e. The second-order valence-electron chi connectivity index (χ2n) is 6.83. The van der Waals surface area contributed by atoms with Crippen LogP contribution in [0.15, 0.2) is 42.7 Å². The molecule has 2 aromatic heterocycles. The van der Waals surface area contributed by atoms with E-state index in [4.69, 9.17) is 9.84 Å². The normalized spacial score (nSPS) is 10.9. The van der Waals surface area contributed by atoms with E-state index in [1.807, 2.05) is 30.5 Å². The average Bonchev–Trinajstić information content (AvgIpc) is 2.96. The van der Waals surface area contributed by atoms with Gasteiger partial charge in [-0.1, -0.05) is 12.1 Å². The van der Waals surface area contributed by atoms with Crippen molar-refractivity contribution in [3.05, 3.63) is 65.1 Å². The van der Waals surface area contributed by atoms with E-state index in [1.54, 1.807) is 6.20 Å². The van der Waals surface area contributed by atoms with Gasteiger partial charge < -0.3 is 14.4 Å². The molecular formula is C22H24N2O4. The minimum Gasteiger partial charge on any atom is -0.481 e. The second kappa shape index (κ2) is 8.69. The molecule has 146 valence electrons. The van der Waals surface area contributed by atoms with Gasteiger partial charge >= 0.3 is 11.9 Å². The maximum absolute atomic E-state index is 11.6. The topological polar surface area (TPSA) is 81.4 Å². The predicted molar refractivity (Wildman–Crippen MR) is 106 cm³/mol. The number of methoxy groups -OCH3 is 1. The number of aliphatic carboxylic acids is 1. The number of carboxylic acid groups (broad SMARTS) is 1. The summed E-state index contributed by atoms with van der Waals surface area (Å²) in [6, 6.07) is 10.0. The monoisotopic (exact) mass is 380 g/mol. The molecule has 3 rings (SSSR count). The molecule has 6 heteroatoms. The highest BCUT2D eigenvalue weighted by Gasteiger charge is 2.16. The van der Waals surface area contributed by atoms with E-state index in [2.05, 4.69) is 22.5 Å². The summed E-state index contributed by atoms with van der Waals surface area (Å²) in [5.41, 5.74) is 5.41. The lowest BCUT2D eigenvalue weighted by Crippen LogP contribution is -2.08. The molecule has 0 atom stereocenters. The second-order valence-corrected chi connectivity index (χ2v) is 6.83. The molecule has 1 aromatic carbocycles. The van der Waals surface area contributed by atoms with Crippen LogP contribution in [-0.2, 0) is 33.7 Å². The standard InChI is InChI=1S/C22H24N2O4/c1-15-18(13-17-4-3-10-23-14-17)19-12-16(6-8-21(25)26)5-7-20(19)24(15)11-9-22(27)28-2/h3-5,7,10,12,14H,6,8-9,11,13H2,1-2H3,(H,25,26). The molecule has 0 radical (unpaired) electrons. The Morgan fingerprint density at radius 3 is 2.68 bits per heavy atom. The number of hydrogen-bond acceptors (Lipinski definition) is 4. The third kappa shape index (κ3) is 4.39. The molecule has 0 aliphatic heterocycles. The number of carbonyl (C=O) groups excluding carboxylic acids is 1. The number of rotatable bonds is 8. The van der Waals surface area contributed by atoms with Gasteiger partial charge in [-0.05, 0) is 48.2 Å². The number of benzene rings is 1. The minimum atomic E-state index is -0.803. The Balaban J connectivity index is 2.03. The van der Waals surface area contributed by atoms with Crippen LogP contribution in [0.4, 0.5) is 0 Å². The summed E-state index contributed by atoms with van der Waals surface area (Å²) in [7, 11) is 1.39. The fraction of sp³-hybridized carbons (Fsp3) is 0.318. The zero-order valence-corrected chi connectivity index (χ0v) is 16.1. The van der Waals surface area contributed by atoms with E-state index in [0.29, 0.717) is 19.4 Å². The van der Waals surface area contributed by atoms with Gasteiger partial charge in [0.25, 0.3) is 0 Å². The molecule has 0 aliphatic carbocycles. The Morgan fingerprint density at radius 1 is 1.18 bits per heavy atom. The van der Waals surface area contributed by atoms with Gasteiger partial charge in [0.2, 0.25) is 0 Å². The quantitative estimate of drug-likeness (QED) is 0.605. The zero-order valence-electron chi connectivity index (χ0n) is 16.1. The maximum atomic E-state index is 11.6. The molecule has 0 amide bonds. The highest BCUT2D eigenvalue weighted by Crippen LogP contribution is 2.29. The van der Waals surface area contributed by atoms with Crippen molar-refractivity contribution >= 4 is 22.8 Å². The van der Waals surface area contributed by atoms with Crippen LogP contribution in [0.1, 0.15) is 35.2 Å². The van der Waals surface area contributed by atoms with E-state index < -0.39 is 5.97 Å². The van der Waals surface area contributed by atoms with Crippen molar-refractivity contribution in [2.45, 2.75) is 39.2 Å². The first-order valence-electron chi connectivity index (χ1n) is 9.27. The third-order valence-corrected chi connectivity index (χ3v) is 5.02. The number of carboxylic acids is 1. The van der Waals surface area contributed by atoms with Crippen LogP contribution in [0, 0.1) is 6.92 Å². The van der Waals surface area contributed by atoms with Gasteiger partial charge in [-0.15, -0.1) is 0 Å². The molecule has 0 fully saturated rings. The molecule has 6 nitrogen and oxygen atoms in total. The SMILES string of the molecule is COC(=O)CCn1c(C)c(Cc2cccnc2)c2cc(CCC(=O)O)ccc21. The highest BCUT2D eigenvalue weighted by atomic mass is 16.5. The molecule has 0 unspecified atom stereocenters. The fourth-order valence-corrected chi connectivity index (χ4v) is 3.53. The number of esters is 1. The van der Waals surface area contributed by atoms with Crippen molar-refractivity contribution in [2.75, 3.05) is 7.11 Å². The van der Waals surface area contributed by atoms with E-state index in [-0.39, 0.29) is 12.4 Å². The first-order chi connectivity index (χ1) is 13.5. The molecule has 28 heavy (non-hydrogen) atoms. The summed E-state index contributed by atoms with van der Waals surface area (Å²) in [5.74, 6) is -1.05. The van der Waals surface area contributed by atoms with Crippen molar-refractivity contribution < 1.29 is 19.4 Å². The van der Waals surface area contributed by atoms with Gasteiger partial charge in [0.1, 0.15) is 0 Å². The molecule has 3 aromatic rings. The van der Waals surface area contributed by atoms with Gasteiger partial charge in [0, 0.05) is 48.4 Å². The molecule has 0 saturated carbocycles. The Labute approximate surface area is 163 Å². The number of fused-ring (bicyclic) bond motifs is 1. The number of hydrogen-bond donors (Lipinski definition) is 1. The Morgan fingerprint density at radius 2 is 2.00 bits per heavy atom. The number of pyridine rings is 1. The van der Waals surface area contributed by atoms with Crippen molar-refractivity contribution in [3.8, 4) is 0 Å². The molecule has 1 N–H and O–H groups in total. The first kappa shape index (κ1) is 19.6. The van der Waals surface area contributed by atoms with Crippen LogP contribution in [0.2, 0.25) is 0 Å². The molecule has 2 heterocycles. The van der Waals surface area contributed by atoms with E-state index in [1.165, 1.54) is 12.7 Å². The lowest BCUT2D eigenvalue weighted by Gasteiger charge is -2.08. The van der Waals surface area contributed by atoms with Gasteiger partial charge in [0.05, 0.1) is 13.5 Å². The van der Waals surface area contributed by atoms with Crippen LogP contribution < -0.4 is 0 Å². The fourth-order valence-electron chi connectivity index (χ4n) is 3.53. The van der Waals surface area contributed by atoms with Crippen molar-refractivity contribution in [1.82, 2.24) is 9.55 Å². The highest BCUT2D eigenvalue weighted by molar-refractivity contribution is 5.87. The Bertz CT molecular complexity index is 993. The van der Waals surface area contributed by atoms with Crippen LogP contribution in [0.25, 0.3) is 10.9 Å². The maximum Gasteiger partial charge on any atom is 0.307 e. The number of aryl methyl sites for hydroxylation is 2. The summed E-state index contributed by atoms with van der Waals surface area (Å²) in [5, 5.41) is 10.1. The van der Waals surface area contributed by atoms with Crippen LogP contribution in [-0.4, -0.2) is 33.7 Å². The van der Waals surface area contributed by atoms with Crippen molar-refractivity contribution in [3.63, 3.8) is 0 Å². The molecule has 0 saturated heterocycles. The van der Waals surface area contributed by atoms with E-state index >= 15 is 0 Å². The summed E-state index contributed by atoms with van der Waals surface area (Å²) in [4.78, 5) is 26.8. The summed E-state index contributed by atoms with van der Waals surface area (Å²) in [6.07, 6.45) is 5.22. The van der Waals surface area contributed by atoms with Crippen LogP contribution in [0.3, 0.4) is 0 Å². The van der Waals surface area contributed by atoms with E-state index in [9.17, 15) is 9.59 Å². The van der Waals surface area contributed by atoms with Crippen molar-refractivity contribution in [1.29, 1.82) is 0 Å². The van der Waals surface area contributed by atoms with Gasteiger partial charge in [-0.3, -0.25) is 14.6 Å². The summed E-state index contributed by atoms with van der Waals surface area (Å²) in [6.45, 7) is 2.59. The summed E-state index contributed by atoms with van der Waals surface area (Å²) >= 11 is 0. The van der Waals surface area contributed by atoms with Crippen molar-refractivity contribution in [2.24, 2.45) is 0 Å². The smallest absolute Gasteiger partial charge is 0.307 e. The Hall–Kier alpha value is -3.15. The van der Waals surface area contributed by atoms with Crippen LogP contribution >= 0.6 is 0 Å². The number of ether oxygens (including phenoxy) is 1. The minimum absolute atomic E-state index is 0.103. The van der Waals surface area contributed by atoms with Gasteiger partial charge in [-0.2, -0.15) is 0 Å². The lowest BCUT2D eigenvalue weighted by molar-refractivity contribution is -0.141. The number of aromatic nitrogens is 2. The molecule has 0 bridgehead atoms. The molecule has 0 aliphatic rings. The number of nitrogens with zero attached hydrogens (tertiary/aromatic N) is 2. The van der Waals surface area contributed by atoms with Gasteiger partial charge in [-0.25, -0.2) is 0 Å². The zero-order chi connectivity index (χ0) is 20.1. The number of carbonyl (C=O) groups is 2. The van der Waals surface area contributed by atoms with Gasteiger partial charge in [0.15, 0.2) is 0 Å². The average molecular weight is 380 g/mol. The summed E-state index contributed by atoms with van der Waals surface area (Å²) < 4.78 is 6.92. The third-order valence-electron chi connectivity index (χ3n) is 5.02. The first-order valence-corrected chi connectivity index (χ1v) is 9.27.